The predicted octanol–water partition coefficient (Wildman–Crippen LogP) is 4.89. The van der Waals surface area contributed by atoms with Crippen molar-refractivity contribution in [2.75, 3.05) is 18.5 Å². The van der Waals surface area contributed by atoms with Gasteiger partial charge in [-0.05, 0) is 52.9 Å². The molecule has 0 bridgehead atoms. The van der Waals surface area contributed by atoms with Crippen molar-refractivity contribution in [3.63, 3.8) is 0 Å². The third-order valence-electron chi connectivity index (χ3n) is 6.10. The second kappa shape index (κ2) is 10.2. The second-order valence-electron chi connectivity index (χ2n) is 8.18. The van der Waals surface area contributed by atoms with E-state index in [1.54, 1.807) is 0 Å². The van der Waals surface area contributed by atoms with Gasteiger partial charge in [0.1, 0.15) is 6.61 Å². The van der Waals surface area contributed by atoms with Crippen LogP contribution in [0.25, 0.3) is 11.1 Å². The minimum Gasteiger partial charge on any atom is -0.478 e. The Morgan fingerprint density at radius 1 is 0.912 bits per heavy atom. The van der Waals surface area contributed by atoms with E-state index in [4.69, 9.17) is 9.84 Å². The van der Waals surface area contributed by atoms with Gasteiger partial charge in [-0.25, -0.2) is 9.59 Å². The van der Waals surface area contributed by atoms with Gasteiger partial charge in [0.15, 0.2) is 0 Å². The highest BCUT2D eigenvalue weighted by Gasteiger charge is 2.29. The fourth-order valence-corrected chi connectivity index (χ4v) is 4.22. The number of carboxylic acid groups (broad SMARTS) is 1. The second-order valence-corrected chi connectivity index (χ2v) is 8.18. The van der Waals surface area contributed by atoms with Gasteiger partial charge < -0.3 is 20.5 Å². The number of hydrogen-bond acceptors (Lipinski definition) is 4. The van der Waals surface area contributed by atoms with Crippen LogP contribution in [0.1, 0.15) is 40.7 Å². The minimum absolute atomic E-state index is 0.0304. The first-order valence-corrected chi connectivity index (χ1v) is 11.2. The zero-order valence-electron chi connectivity index (χ0n) is 18.8. The van der Waals surface area contributed by atoms with Gasteiger partial charge in [0.05, 0.1) is 11.5 Å². The SMILES string of the molecule is CCC(CNC(=O)OCC1c2ccccc2-c2ccccc21)C(=O)Nc1ccc(C(=O)O)cc1. The third kappa shape index (κ3) is 4.93. The number of fused-ring (bicyclic) bond motifs is 3. The molecular formula is C27H26N2O5. The summed E-state index contributed by atoms with van der Waals surface area (Å²) in [4.78, 5) is 36.0. The standard InChI is InChI=1S/C27H26N2O5/c1-2-17(25(30)29-19-13-11-18(12-14-19)26(31)32)15-28-27(33)34-16-24-22-9-5-3-7-20(22)21-8-4-6-10-23(21)24/h3-14,17,24H,2,15-16H2,1H3,(H,28,33)(H,29,30)(H,31,32). The van der Waals surface area contributed by atoms with Crippen LogP contribution in [-0.4, -0.2) is 36.2 Å². The Kier molecular flexibility index (Phi) is 6.92. The van der Waals surface area contributed by atoms with E-state index in [1.165, 1.54) is 24.3 Å². The van der Waals surface area contributed by atoms with Gasteiger partial charge in [-0.1, -0.05) is 55.5 Å². The molecule has 7 nitrogen and oxygen atoms in total. The van der Waals surface area contributed by atoms with Crippen molar-refractivity contribution in [3.05, 3.63) is 89.5 Å². The molecule has 0 aromatic heterocycles. The van der Waals surface area contributed by atoms with Gasteiger partial charge in [0.25, 0.3) is 0 Å². The fourth-order valence-electron chi connectivity index (χ4n) is 4.22. The largest absolute Gasteiger partial charge is 0.478 e. The smallest absolute Gasteiger partial charge is 0.407 e. The Labute approximate surface area is 197 Å². The lowest BCUT2D eigenvalue weighted by Gasteiger charge is -2.17. The van der Waals surface area contributed by atoms with E-state index in [0.717, 1.165) is 22.3 Å². The number of ether oxygens (including phenoxy) is 1. The molecule has 0 saturated carbocycles. The van der Waals surface area contributed by atoms with Crippen molar-refractivity contribution in [2.45, 2.75) is 19.3 Å². The van der Waals surface area contributed by atoms with E-state index in [2.05, 4.69) is 34.9 Å². The summed E-state index contributed by atoms with van der Waals surface area (Å²) in [5.41, 5.74) is 5.22. The normalized spacial score (nSPS) is 12.9. The number of amides is 2. The third-order valence-corrected chi connectivity index (χ3v) is 6.10. The number of carboxylic acids is 1. The molecule has 7 heteroatoms. The number of carbonyl (C=O) groups excluding carboxylic acids is 2. The van der Waals surface area contributed by atoms with Crippen molar-refractivity contribution in [1.82, 2.24) is 5.32 Å². The van der Waals surface area contributed by atoms with E-state index in [-0.39, 0.29) is 30.5 Å². The summed E-state index contributed by atoms with van der Waals surface area (Å²) in [5, 5.41) is 14.4. The zero-order chi connectivity index (χ0) is 24.1. The first-order chi connectivity index (χ1) is 16.5. The van der Waals surface area contributed by atoms with Crippen LogP contribution in [0, 0.1) is 5.92 Å². The average Bonchev–Trinajstić information content (AvgIpc) is 3.17. The molecule has 4 rings (SSSR count). The van der Waals surface area contributed by atoms with Crippen molar-refractivity contribution in [2.24, 2.45) is 5.92 Å². The molecule has 0 radical (unpaired) electrons. The molecule has 1 aliphatic rings. The first-order valence-electron chi connectivity index (χ1n) is 11.2. The van der Waals surface area contributed by atoms with E-state index in [1.807, 2.05) is 31.2 Å². The summed E-state index contributed by atoms with van der Waals surface area (Å²) in [6.07, 6.45) is -0.0539. The molecule has 0 spiro atoms. The Balaban J connectivity index is 1.31. The molecule has 3 aromatic carbocycles. The Hall–Kier alpha value is -4.13. The Morgan fingerprint density at radius 3 is 2.06 bits per heavy atom. The molecule has 3 N–H and O–H groups in total. The molecule has 1 atom stereocenters. The maximum atomic E-state index is 12.6. The van der Waals surface area contributed by atoms with Crippen molar-refractivity contribution >= 4 is 23.7 Å². The van der Waals surface area contributed by atoms with Crippen molar-refractivity contribution < 1.29 is 24.2 Å². The van der Waals surface area contributed by atoms with Crippen LogP contribution in [-0.2, 0) is 9.53 Å². The number of benzene rings is 3. The number of aromatic carboxylic acids is 1. The molecule has 1 unspecified atom stereocenters. The zero-order valence-corrected chi connectivity index (χ0v) is 18.8. The summed E-state index contributed by atoms with van der Waals surface area (Å²) in [7, 11) is 0. The summed E-state index contributed by atoms with van der Waals surface area (Å²) < 4.78 is 5.53. The molecule has 34 heavy (non-hydrogen) atoms. The van der Waals surface area contributed by atoms with E-state index in [9.17, 15) is 14.4 Å². The van der Waals surface area contributed by atoms with Crippen molar-refractivity contribution in [1.29, 1.82) is 0 Å². The highest BCUT2D eigenvalue weighted by Crippen LogP contribution is 2.44. The molecule has 0 saturated heterocycles. The van der Waals surface area contributed by atoms with Crippen LogP contribution in [0.5, 0.6) is 0 Å². The molecular weight excluding hydrogens is 432 g/mol. The quantitative estimate of drug-likeness (QED) is 0.446. The topological polar surface area (TPSA) is 105 Å². The number of nitrogens with one attached hydrogen (secondary N) is 2. The molecule has 0 heterocycles. The molecule has 0 fully saturated rings. The van der Waals surface area contributed by atoms with Gasteiger partial charge >= 0.3 is 12.1 Å². The Morgan fingerprint density at radius 2 is 1.50 bits per heavy atom. The van der Waals surface area contributed by atoms with Crippen LogP contribution < -0.4 is 10.6 Å². The number of rotatable bonds is 8. The van der Waals surface area contributed by atoms with Crippen LogP contribution in [0.4, 0.5) is 10.5 Å². The number of carbonyl (C=O) groups is 3. The maximum absolute atomic E-state index is 12.6. The van der Waals surface area contributed by atoms with Gasteiger partial charge in [0, 0.05) is 18.2 Å². The van der Waals surface area contributed by atoms with E-state index in [0.29, 0.717) is 12.1 Å². The monoisotopic (exact) mass is 458 g/mol. The lowest BCUT2D eigenvalue weighted by atomic mass is 9.98. The highest BCUT2D eigenvalue weighted by atomic mass is 16.5. The summed E-state index contributed by atoms with van der Waals surface area (Å²) in [6, 6.07) is 22.2. The lowest BCUT2D eigenvalue weighted by molar-refractivity contribution is -0.119. The van der Waals surface area contributed by atoms with Crippen LogP contribution >= 0.6 is 0 Å². The fraction of sp³-hybridized carbons (Fsp3) is 0.222. The van der Waals surface area contributed by atoms with Crippen LogP contribution in [0.3, 0.4) is 0 Å². The van der Waals surface area contributed by atoms with Gasteiger partial charge in [0.2, 0.25) is 5.91 Å². The maximum Gasteiger partial charge on any atom is 0.407 e. The molecule has 1 aliphatic carbocycles. The predicted molar refractivity (Wildman–Crippen MR) is 129 cm³/mol. The van der Waals surface area contributed by atoms with Gasteiger partial charge in [-0.15, -0.1) is 0 Å². The van der Waals surface area contributed by atoms with Crippen molar-refractivity contribution in [3.8, 4) is 11.1 Å². The number of alkyl carbamates (subject to hydrolysis) is 1. The van der Waals surface area contributed by atoms with Crippen LogP contribution in [0.2, 0.25) is 0 Å². The lowest BCUT2D eigenvalue weighted by Crippen LogP contribution is -2.36. The van der Waals surface area contributed by atoms with E-state index < -0.39 is 18.0 Å². The summed E-state index contributed by atoms with van der Waals surface area (Å²) in [5.74, 6) is -1.78. The van der Waals surface area contributed by atoms with E-state index >= 15 is 0 Å². The molecule has 3 aromatic rings. The Bertz CT molecular complexity index is 1160. The number of hydrogen-bond donors (Lipinski definition) is 3. The highest BCUT2D eigenvalue weighted by molar-refractivity contribution is 5.94. The van der Waals surface area contributed by atoms with Gasteiger partial charge in [-0.3, -0.25) is 4.79 Å². The minimum atomic E-state index is -1.03. The molecule has 0 aliphatic heterocycles. The average molecular weight is 459 g/mol. The first kappa shape index (κ1) is 23.0. The molecule has 174 valence electrons. The summed E-state index contributed by atoms with van der Waals surface area (Å²) in [6.45, 7) is 2.20. The van der Waals surface area contributed by atoms with Crippen LogP contribution in [0.15, 0.2) is 72.8 Å². The number of anilines is 1. The summed E-state index contributed by atoms with van der Waals surface area (Å²) >= 11 is 0. The van der Waals surface area contributed by atoms with Gasteiger partial charge in [-0.2, -0.15) is 0 Å². The molecule has 2 amide bonds.